The summed E-state index contributed by atoms with van der Waals surface area (Å²) in [6.45, 7) is 3.36. The molecule has 5 heteroatoms. The first-order chi connectivity index (χ1) is 11.6. The Bertz CT molecular complexity index is 567. The number of hydrogen-bond donors (Lipinski definition) is 2. The quantitative estimate of drug-likeness (QED) is 0.846. The Labute approximate surface area is 144 Å². The van der Waals surface area contributed by atoms with Gasteiger partial charge in [0.1, 0.15) is 0 Å². The third-order valence-electron chi connectivity index (χ3n) is 5.39. The van der Waals surface area contributed by atoms with E-state index < -0.39 is 6.10 Å². The van der Waals surface area contributed by atoms with Crippen molar-refractivity contribution in [1.82, 2.24) is 15.1 Å². The highest BCUT2D eigenvalue weighted by molar-refractivity contribution is 5.78. The van der Waals surface area contributed by atoms with Crippen LogP contribution >= 0.6 is 0 Å². The zero-order valence-electron chi connectivity index (χ0n) is 14.7. The molecular weight excluding hydrogens is 302 g/mol. The van der Waals surface area contributed by atoms with Crippen LogP contribution in [0, 0.1) is 5.92 Å². The van der Waals surface area contributed by atoms with Gasteiger partial charge in [0.05, 0.1) is 6.10 Å². The van der Waals surface area contributed by atoms with Crippen molar-refractivity contribution >= 4 is 5.91 Å². The zero-order valence-corrected chi connectivity index (χ0v) is 14.7. The zero-order chi connectivity index (χ0) is 17.1. The van der Waals surface area contributed by atoms with Crippen LogP contribution in [0.3, 0.4) is 0 Å². The van der Waals surface area contributed by atoms with Crippen molar-refractivity contribution in [2.24, 2.45) is 5.92 Å². The number of aliphatic hydroxyl groups excluding tert-OH is 1. The van der Waals surface area contributed by atoms with Gasteiger partial charge in [-0.15, -0.1) is 0 Å². The third-order valence-corrected chi connectivity index (χ3v) is 5.39. The maximum Gasteiger partial charge on any atom is 0.223 e. The van der Waals surface area contributed by atoms with Gasteiger partial charge in [0, 0.05) is 25.0 Å². The molecule has 0 aromatic heterocycles. The lowest BCUT2D eigenvalue weighted by atomic mass is 9.94. The molecule has 3 rings (SSSR count). The van der Waals surface area contributed by atoms with Crippen LogP contribution in [0.5, 0.6) is 0 Å². The first kappa shape index (κ1) is 17.4. The highest BCUT2D eigenvalue weighted by Crippen LogP contribution is 2.35. The normalized spacial score (nSPS) is 25.0. The van der Waals surface area contributed by atoms with Gasteiger partial charge >= 0.3 is 0 Å². The van der Waals surface area contributed by atoms with Crippen LogP contribution in [0.15, 0.2) is 24.3 Å². The van der Waals surface area contributed by atoms with E-state index in [1.54, 1.807) is 0 Å². The summed E-state index contributed by atoms with van der Waals surface area (Å²) < 4.78 is 0. The number of rotatable bonds is 5. The van der Waals surface area contributed by atoms with Crippen molar-refractivity contribution in [3.8, 4) is 0 Å². The van der Waals surface area contributed by atoms with Crippen LogP contribution in [0.25, 0.3) is 0 Å². The van der Waals surface area contributed by atoms with E-state index >= 15 is 0 Å². The van der Waals surface area contributed by atoms with Gasteiger partial charge in [0.25, 0.3) is 0 Å². The number of piperidine rings is 1. The molecular formula is C19H29N3O2. The fourth-order valence-corrected chi connectivity index (χ4v) is 3.92. The van der Waals surface area contributed by atoms with E-state index in [9.17, 15) is 9.90 Å². The smallest absolute Gasteiger partial charge is 0.223 e. The average molecular weight is 331 g/mol. The van der Waals surface area contributed by atoms with Crippen LogP contribution in [-0.2, 0) is 11.2 Å². The third kappa shape index (κ3) is 3.79. The second kappa shape index (κ2) is 7.64. The number of benzene rings is 1. The summed E-state index contributed by atoms with van der Waals surface area (Å²) in [6, 6.07) is 8.35. The average Bonchev–Trinajstić information content (AvgIpc) is 2.92. The first-order valence-corrected chi connectivity index (χ1v) is 8.98. The van der Waals surface area contributed by atoms with Gasteiger partial charge in [0.2, 0.25) is 5.91 Å². The number of likely N-dealkylation sites (tertiary alicyclic amines) is 1. The van der Waals surface area contributed by atoms with Crippen molar-refractivity contribution in [2.45, 2.75) is 31.4 Å². The molecule has 24 heavy (non-hydrogen) atoms. The molecule has 2 atom stereocenters. The van der Waals surface area contributed by atoms with E-state index in [0.717, 1.165) is 44.5 Å². The van der Waals surface area contributed by atoms with Crippen LogP contribution in [-0.4, -0.2) is 67.1 Å². The molecule has 1 aliphatic carbocycles. The van der Waals surface area contributed by atoms with E-state index in [1.165, 1.54) is 5.56 Å². The van der Waals surface area contributed by atoms with Gasteiger partial charge in [-0.1, -0.05) is 24.3 Å². The van der Waals surface area contributed by atoms with Gasteiger partial charge in [-0.2, -0.15) is 0 Å². The second-order valence-corrected chi connectivity index (χ2v) is 7.32. The van der Waals surface area contributed by atoms with Gasteiger partial charge in [-0.3, -0.25) is 9.69 Å². The lowest BCUT2D eigenvalue weighted by molar-refractivity contribution is -0.126. The van der Waals surface area contributed by atoms with E-state index in [0.29, 0.717) is 6.54 Å². The number of amides is 1. The van der Waals surface area contributed by atoms with E-state index in [2.05, 4.69) is 21.2 Å². The molecule has 2 aliphatic rings. The number of fused-ring (bicyclic) bond motifs is 1. The molecule has 1 saturated heterocycles. The highest BCUT2D eigenvalue weighted by Gasteiger charge is 2.37. The molecule has 1 aromatic carbocycles. The molecule has 1 fully saturated rings. The fraction of sp³-hybridized carbons (Fsp3) is 0.632. The predicted octanol–water partition coefficient (Wildman–Crippen LogP) is 1.03. The fourth-order valence-electron chi connectivity index (χ4n) is 3.92. The number of nitrogens with one attached hydrogen (secondary N) is 1. The Balaban J connectivity index is 1.48. The molecule has 5 nitrogen and oxygen atoms in total. The number of hydrogen-bond acceptors (Lipinski definition) is 4. The summed E-state index contributed by atoms with van der Waals surface area (Å²) >= 11 is 0. The number of likely N-dealkylation sites (N-methyl/N-ethyl adjacent to an activating group) is 1. The van der Waals surface area contributed by atoms with Gasteiger partial charge in [0.15, 0.2) is 0 Å². The number of nitrogens with zero attached hydrogens (tertiary/aromatic N) is 2. The summed E-state index contributed by atoms with van der Waals surface area (Å²) in [5.74, 6) is 0.302. The molecule has 0 spiro atoms. The van der Waals surface area contributed by atoms with Crippen molar-refractivity contribution in [1.29, 1.82) is 0 Å². The predicted molar refractivity (Wildman–Crippen MR) is 94.8 cm³/mol. The van der Waals surface area contributed by atoms with Crippen LogP contribution in [0.2, 0.25) is 0 Å². The Kier molecular flexibility index (Phi) is 5.54. The molecule has 1 amide bonds. The molecule has 0 radical (unpaired) electrons. The SMILES string of the molecule is CN(C)CCNC(=O)C1CCN(C2Cc3ccccc3C2O)CC1. The summed E-state index contributed by atoms with van der Waals surface area (Å²) in [5, 5.41) is 13.7. The summed E-state index contributed by atoms with van der Waals surface area (Å²) in [4.78, 5) is 16.7. The molecule has 132 valence electrons. The molecule has 0 bridgehead atoms. The van der Waals surface area contributed by atoms with E-state index in [-0.39, 0.29) is 17.9 Å². The Morgan fingerprint density at radius 2 is 2.00 bits per heavy atom. The molecule has 2 unspecified atom stereocenters. The maximum atomic E-state index is 12.3. The molecule has 2 N–H and O–H groups in total. The van der Waals surface area contributed by atoms with E-state index in [1.807, 2.05) is 32.3 Å². The second-order valence-electron chi connectivity index (χ2n) is 7.32. The van der Waals surface area contributed by atoms with Crippen molar-refractivity contribution in [3.63, 3.8) is 0 Å². The van der Waals surface area contributed by atoms with Gasteiger partial charge < -0.3 is 15.3 Å². The number of carbonyl (C=O) groups excluding carboxylic acids is 1. The van der Waals surface area contributed by atoms with Crippen LogP contribution in [0.1, 0.15) is 30.1 Å². The first-order valence-electron chi connectivity index (χ1n) is 8.98. The van der Waals surface area contributed by atoms with Crippen LogP contribution in [0.4, 0.5) is 0 Å². The van der Waals surface area contributed by atoms with Gasteiger partial charge in [-0.25, -0.2) is 0 Å². The van der Waals surface area contributed by atoms with Crippen molar-refractivity contribution < 1.29 is 9.90 Å². The lowest BCUT2D eigenvalue weighted by Gasteiger charge is -2.36. The van der Waals surface area contributed by atoms with Crippen molar-refractivity contribution in [2.75, 3.05) is 40.3 Å². The summed E-state index contributed by atoms with van der Waals surface area (Å²) in [7, 11) is 4.02. The topological polar surface area (TPSA) is 55.8 Å². The Morgan fingerprint density at radius 1 is 1.29 bits per heavy atom. The largest absolute Gasteiger partial charge is 0.387 e. The minimum atomic E-state index is -0.397. The Morgan fingerprint density at radius 3 is 2.67 bits per heavy atom. The maximum absolute atomic E-state index is 12.3. The number of aliphatic hydroxyl groups is 1. The highest BCUT2D eigenvalue weighted by atomic mass is 16.3. The van der Waals surface area contributed by atoms with E-state index in [4.69, 9.17) is 0 Å². The molecule has 1 heterocycles. The minimum Gasteiger partial charge on any atom is -0.387 e. The van der Waals surface area contributed by atoms with Crippen LogP contribution < -0.4 is 5.32 Å². The molecule has 1 aliphatic heterocycles. The minimum absolute atomic E-state index is 0.115. The Hall–Kier alpha value is -1.43. The van der Waals surface area contributed by atoms with Gasteiger partial charge in [-0.05, 0) is 57.6 Å². The summed E-state index contributed by atoms with van der Waals surface area (Å²) in [5.41, 5.74) is 2.34. The summed E-state index contributed by atoms with van der Waals surface area (Å²) in [6.07, 6.45) is 2.28. The molecule has 0 saturated carbocycles. The monoisotopic (exact) mass is 331 g/mol. The molecule has 1 aromatic rings. The standard InChI is InChI=1S/C19H29N3O2/c1-21(2)12-9-20-19(24)14-7-10-22(11-8-14)17-13-15-5-3-4-6-16(15)18(17)23/h3-6,14,17-18,23H,7-13H2,1-2H3,(H,20,24). The van der Waals surface area contributed by atoms with Crippen molar-refractivity contribution in [3.05, 3.63) is 35.4 Å². The lowest BCUT2D eigenvalue weighted by Crippen LogP contribution is -2.46. The number of carbonyl (C=O) groups is 1.